The zero-order valence-corrected chi connectivity index (χ0v) is 24.8. The molecular weight excluding hydrogens is 546 g/mol. The van der Waals surface area contributed by atoms with Crippen LogP contribution in [0.1, 0.15) is 42.3 Å². The summed E-state index contributed by atoms with van der Waals surface area (Å²) in [4.78, 5) is 33.4. The lowest BCUT2D eigenvalue weighted by molar-refractivity contribution is -0.138. The Balaban J connectivity index is 1.65. The SMILES string of the molecule is CCOC(=O)C1=C(c2ccccc2)N=c2s/c(=C/c3c(C)n(C)c4ccccc34)c(=O)n2[C@@H]1c1ccc(OCC)cc1. The molecule has 0 aliphatic carbocycles. The monoisotopic (exact) mass is 577 g/mol. The van der Waals surface area contributed by atoms with Crippen molar-refractivity contribution in [3.05, 3.63) is 127 Å². The fourth-order valence-corrected chi connectivity index (χ4v) is 6.51. The van der Waals surface area contributed by atoms with E-state index in [0.29, 0.717) is 33.0 Å². The molecule has 8 heteroatoms. The minimum atomic E-state index is -0.734. The Kier molecular flexibility index (Phi) is 7.39. The van der Waals surface area contributed by atoms with Crippen molar-refractivity contribution in [1.82, 2.24) is 9.13 Å². The lowest BCUT2D eigenvalue weighted by Crippen LogP contribution is -2.40. The molecule has 0 saturated carbocycles. The summed E-state index contributed by atoms with van der Waals surface area (Å²) < 4.78 is 15.5. The summed E-state index contributed by atoms with van der Waals surface area (Å²) >= 11 is 1.33. The number of para-hydroxylation sites is 1. The van der Waals surface area contributed by atoms with E-state index in [1.807, 2.05) is 86.8 Å². The van der Waals surface area contributed by atoms with E-state index in [-0.39, 0.29) is 12.2 Å². The van der Waals surface area contributed by atoms with Gasteiger partial charge in [-0.25, -0.2) is 9.79 Å². The summed E-state index contributed by atoms with van der Waals surface area (Å²) in [5, 5.41) is 1.07. The third kappa shape index (κ3) is 4.67. The molecule has 0 saturated heterocycles. The summed E-state index contributed by atoms with van der Waals surface area (Å²) in [5.74, 6) is 0.211. The van der Waals surface area contributed by atoms with E-state index in [1.165, 1.54) is 11.3 Å². The number of aromatic nitrogens is 2. The predicted molar refractivity (Wildman–Crippen MR) is 166 cm³/mol. The van der Waals surface area contributed by atoms with Crippen LogP contribution in [0.2, 0.25) is 0 Å². The van der Waals surface area contributed by atoms with Crippen LogP contribution in [0.4, 0.5) is 0 Å². The Bertz CT molecular complexity index is 2020. The summed E-state index contributed by atoms with van der Waals surface area (Å²) in [7, 11) is 2.03. The van der Waals surface area contributed by atoms with Gasteiger partial charge in [0.25, 0.3) is 5.56 Å². The second-order valence-electron chi connectivity index (χ2n) is 10.0. The van der Waals surface area contributed by atoms with E-state index in [1.54, 1.807) is 11.5 Å². The lowest BCUT2D eigenvalue weighted by atomic mass is 9.93. The number of nitrogens with zero attached hydrogens (tertiary/aromatic N) is 3. The molecule has 1 aliphatic heterocycles. The molecule has 3 heterocycles. The normalized spacial score (nSPS) is 15.0. The van der Waals surface area contributed by atoms with Crippen LogP contribution < -0.4 is 19.6 Å². The number of aryl methyl sites for hydroxylation is 1. The smallest absolute Gasteiger partial charge is 0.338 e. The molecule has 2 aromatic heterocycles. The van der Waals surface area contributed by atoms with Crippen LogP contribution in [0.15, 0.2) is 94.2 Å². The van der Waals surface area contributed by atoms with E-state index in [2.05, 4.69) is 23.6 Å². The third-order valence-corrected chi connectivity index (χ3v) is 8.59. The second kappa shape index (κ2) is 11.3. The Morgan fingerprint density at radius 1 is 0.976 bits per heavy atom. The number of fused-ring (bicyclic) bond motifs is 2. The molecule has 0 unspecified atom stereocenters. The van der Waals surface area contributed by atoms with Crippen LogP contribution in [-0.2, 0) is 16.6 Å². The average molecular weight is 578 g/mol. The van der Waals surface area contributed by atoms with Crippen LogP contribution in [0.3, 0.4) is 0 Å². The van der Waals surface area contributed by atoms with E-state index < -0.39 is 12.0 Å². The number of esters is 1. The van der Waals surface area contributed by atoms with E-state index in [9.17, 15) is 9.59 Å². The van der Waals surface area contributed by atoms with Gasteiger partial charge in [0.2, 0.25) is 0 Å². The molecule has 0 amide bonds. The van der Waals surface area contributed by atoms with Crippen molar-refractivity contribution in [1.29, 1.82) is 0 Å². The van der Waals surface area contributed by atoms with E-state index >= 15 is 0 Å². The molecule has 0 spiro atoms. The maximum Gasteiger partial charge on any atom is 0.338 e. The van der Waals surface area contributed by atoms with Gasteiger partial charge in [0.15, 0.2) is 4.80 Å². The highest BCUT2D eigenvalue weighted by Gasteiger charge is 2.35. The number of hydrogen-bond acceptors (Lipinski definition) is 6. The molecule has 0 bridgehead atoms. The van der Waals surface area contributed by atoms with E-state index in [4.69, 9.17) is 14.5 Å². The highest BCUT2D eigenvalue weighted by atomic mass is 32.1. The quantitative estimate of drug-likeness (QED) is 0.251. The molecule has 0 radical (unpaired) electrons. The first-order chi connectivity index (χ1) is 20.4. The average Bonchev–Trinajstić information content (AvgIpc) is 3.45. The zero-order valence-electron chi connectivity index (χ0n) is 24.0. The molecule has 6 rings (SSSR count). The Morgan fingerprint density at radius 3 is 2.40 bits per heavy atom. The van der Waals surface area contributed by atoms with Crippen LogP contribution >= 0.6 is 11.3 Å². The molecular formula is C34H31N3O4S. The number of benzene rings is 3. The maximum atomic E-state index is 14.3. The van der Waals surface area contributed by atoms with Crippen molar-refractivity contribution in [2.75, 3.05) is 13.2 Å². The van der Waals surface area contributed by atoms with Gasteiger partial charge in [-0.2, -0.15) is 0 Å². The van der Waals surface area contributed by atoms with Crippen molar-refractivity contribution >= 4 is 40.0 Å². The number of rotatable bonds is 7. The van der Waals surface area contributed by atoms with Gasteiger partial charge in [-0.3, -0.25) is 9.36 Å². The molecule has 212 valence electrons. The van der Waals surface area contributed by atoms with E-state index in [0.717, 1.165) is 33.3 Å². The summed E-state index contributed by atoms with van der Waals surface area (Å²) in [5.41, 5.74) is 5.30. The predicted octanol–water partition coefficient (Wildman–Crippen LogP) is 5.13. The number of thiazole rings is 1. The largest absolute Gasteiger partial charge is 0.494 e. The van der Waals surface area contributed by atoms with Crippen molar-refractivity contribution in [3.63, 3.8) is 0 Å². The fraction of sp³-hybridized carbons (Fsp3) is 0.206. The van der Waals surface area contributed by atoms with Gasteiger partial charge in [0.1, 0.15) is 5.75 Å². The third-order valence-electron chi connectivity index (χ3n) is 7.60. The van der Waals surface area contributed by atoms with Crippen LogP contribution in [-0.4, -0.2) is 28.3 Å². The van der Waals surface area contributed by atoms with Gasteiger partial charge < -0.3 is 14.0 Å². The Morgan fingerprint density at radius 2 is 1.69 bits per heavy atom. The first-order valence-corrected chi connectivity index (χ1v) is 14.8. The Labute approximate surface area is 247 Å². The topological polar surface area (TPSA) is 74.8 Å². The van der Waals surface area contributed by atoms with Crippen molar-refractivity contribution in [3.8, 4) is 5.75 Å². The standard InChI is InChI=1S/C34H31N3O4S/c1-5-40-24-18-16-23(17-19-24)31-29(33(39)41-6-2)30(22-12-8-7-9-13-22)35-34-37(31)32(38)28(42-34)20-26-21(3)36(4)27-15-11-10-14-25(26)27/h7-20,31H,5-6H2,1-4H3/b28-20+/t31-/m1/s1. The van der Waals surface area contributed by atoms with Crippen LogP contribution in [0.25, 0.3) is 22.7 Å². The van der Waals surface area contributed by atoms with Gasteiger partial charge >= 0.3 is 5.97 Å². The number of hydrogen-bond donors (Lipinski definition) is 0. The minimum absolute atomic E-state index is 0.200. The summed E-state index contributed by atoms with van der Waals surface area (Å²) in [6, 6.07) is 24.5. The minimum Gasteiger partial charge on any atom is -0.494 e. The first kappa shape index (κ1) is 27.5. The molecule has 5 aromatic rings. The molecule has 1 atom stereocenters. The second-order valence-corrected chi connectivity index (χ2v) is 11.0. The highest BCUT2D eigenvalue weighted by molar-refractivity contribution is 7.07. The molecule has 42 heavy (non-hydrogen) atoms. The molecule has 0 fully saturated rings. The summed E-state index contributed by atoms with van der Waals surface area (Å²) in [6.45, 7) is 6.49. The van der Waals surface area contributed by atoms with Gasteiger partial charge in [0.05, 0.1) is 35.1 Å². The van der Waals surface area contributed by atoms with Gasteiger partial charge in [0, 0.05) is 34.8 Å². The van der Waals surface area contributed by atoms with Crippen molar-refractivity contribution < 1.29 is 14.3 Å². The van der Waals surface area contributed by atoms with Crippen molar-refractivity contribution in [2.24, 2.45) is 12.0 Å². The lowest BCUT2D eigenvalue weighted by Gasteiger charge is -2.26. The Hall–Kier alpha value is -4.69. The highest BCUT2D eigenvalue weighted by Crippen LogP contribution is 2.36. The maximum absolute atomic E-state index is 14.3. The number of ether oxygens (including phenoxy) is 2. The van der Waals surface area contributed by atoms with Crippen molar-refractivity contribution in [2.45, 2.75) is 26.8 Å². The fourth-order valence-electron chi connectivity index (χ4n) is 5.53. The molecule has 3 aromatic carbocycles. The zero-order chi connectivity index (χ0) is 29.4. The van der Waals surface area contributed by atoms with Gasteiger partial charge in [-0.15, -0.1) is 0 Å². The number of carbonyl (C=O) groups excluding carboxylic acids is 1. The summed E-state index contributed by atoms with van der Waals surface area (Å²) in [6.07, 6.45) is 1.95. The molecule has 0 N–H and O–H groups in total. The number of carbonyl (C=O) groups is 1. The van der Waals surface area contributed by atoms with Gasteiger partial charge in [-0.1, -0.05) is 72.0 Å². The first-order valence-electron chi connectivity index (χ1n) is 14.0. The molecule has 1 aliphatic rings. The van der Waals surface area contributed by atoms with Crippen LogP contribution in [0, 0.1) is 6.92 Å². The van der Waals surface area contributed by atoms with Crippen LogP contribution in [0.5, 0.6) is 5.75 Å². The van der Waals surface area contributed by atoms with Gasteiger partial charge in [-0.05, 0) is 50.6 Å². The molecule has 7 nitrogen and oxygen atoms in total.